The van der Waals surface area contributed by atoms with Crippen molar-refractivity contribution >= 4 is 17.3 Å². The standard InChI is InChI=1S/C12H18N2O2/c1-3-16-7-6-12(15)14-11-5-4-9(2)8-10(11)13/h4-5,8H,3,6-7,13H2,1-2H3,(H,14,15). The van der Waals surface area contributed by atoms with E-state index in [4.69, 9.17) is 10.5 Å². The first kappa shape index (κ1) is 12.5. The summed E-state index contributed by atoms with van der Waals surface area (Å²) in [6, 6.07) is 5.55. The Labute approximate surface area is 95.8 Å². The topological polar surface area (TPSA) is 64.3 Å². The Balaban J connectivity index is 2.49. The highest BCUT2D eigenvalue weighted by molar-refractivity contribution is 5.93. The van der Waals surface area contributed by atoms with Crippen molar-refractivity contribution in [1.29, 1.82) is 0 Å². The molecule has 0 heterocycles. The minimum absolute atomic E-state index is 0.0796. The van der Waals surface area contributed by atoms with E-state index in [2.05, 4.69) is 5.32 Å². The van der Waals surface area contributed by atoms with Gasteiger partial charge in [0.15, 0.2) is 0 Å². The lowest BCUT2D eigenvalue weighted by Crippen LogP contribution is -2.15. The van der Waals surface area contributed by atoms with Gasteiger partial charge in [-0.25, -0.2) is 0 Å². The molecule has 0 saturated carbocycles. The Kier molecular flexibility index (Phi) is 4.79. The molecule has 1 aromatic carbocycles. The van der Waals surface area contributed by atoms with Crippen LogP contribution in [-0.4, -0.2) is 19.1 Å². The third kappa shape index (κ3) is 3.90. The Morgan fingerprint density at radius 2 is 2.25 bits per heavy atom. The fourth-order valence-corrected chi connectivity index (χ4v) is 1.32. The number of benzene rings is 1. The second-order valence-electron chi connectivity index (χ2n) is 3.59. The average Bonchev–Trinajstić information content (AvgIpc) is 2.23. The van der Waals surface area contributed by atoms with Gasteiger partial charge in [-0.2, -0.15) is 0 Å². The van der Waals surface area contributed by atoms with Crippen LogP contribution in [0.1, 0.15) is 18.9 Å². The first-order valence-corrected chi connectivity index (χ1v) is 5.37. The molecular weight excluding hydrogens is 204 g/mol. The number of nitrogens with one attached hydrogen (secondary N) is 1. The molecule has 0 aliphatic carbocycles. The molecule has 0 spiro atoms. The van der Waals surface area contributed by atoms with E-state index in [0.717, 1.165) is 5.56 Å². The summed E-state index contributed by atoms with van der Waals surface area (Å²) < 4.78 is 5.10. The van der Waals surface area contributed by atoms with Crippen LogP contribution in [0.15, 0.2) is 18.2 Å². The van der Waals surface area contributed by atoms with Crippen LogP contribution >= 0.6 is 0 Å². The van der Waals surface area contributed by atoms with E-state index in [9.17, 15) is 4.79 Å². The first-order chi connectivity index (χ1) is 7.63. The van der Waals surface area contributed by atoms with Gasteiger partial charge in [0.05, 0.1) is 24.4 Å². The maximum Gasteiger partial charge on any atom is 0.226 e. The molecule has 0 aliphatic heterocycles. The van der Waals surface area contributed by atoms with Crippen molar-refractivity contribution in [3.63, 3.8) is 0 Å². The van der Waals surface area contributed by atoms with Gasteiger partial charge in [0.1, 0.15) is 0 Å². The number of carbonyl (C=O) groups excluding carboxylic acids is 1. The second kappa shape index (κ2) is 6.12. The molecule has 0 aliphatic rings. The number of hydrogen-bond acceptors (Lipinski definition) is 3. The number of aryl methyl sites for hydroxylation is 1. The summed E-state index contributed by atoms with van der Waals surface area (Å²) in [6.45, 7) is 4.92. The number of ether oxygens (including phenoxy) is 1. The lowest BCUT2D eigenvalue weighted by molar-refractivity contribution is -0.117. The minimum atomic E-state index is -0.0796. The molecule has 0 aromatic heterocycles. The molecule has 0 radical (unpaired) electrons. The Hall–Kier alpha value is -1.55. The van der Waals surface area contributed by atoms with E-state index in [0.29, 0.717) is 31.0 Å². The van der Waals surface area contributed by atoms with Crippen LogP contribution < -0.4 is 11.1 Å². The van der Waals surface area contributed by atoms with Gasteiger partial charge in [-0.15, -0.1) is 0 Å². The summed E-state index contributed by atoms with van der Waals surface area (Å²) in [5.41, 5.74) is 8.10. The fraction of sp³-hybridized carbons (Fsp3) is 0.417. The number of hydrogen-bond donors (Lipinski definition) is 2. The summed E-state index contributed by atoms with van der Waals surface area (Å²) in [5.74, 6) is -0.0796. The number of amides is 1. The summed E-state index contributed by atoms with van der Waals surface area (Å²) in [6.07, 6.45) is 0.348. The zero-order valence-electron chi connectivity index (χ0n) is 9.75. The van der Waals surface area contributed by atoms with Gasteiger partial charge >= 0.3 is 0 Å². The van der Waals surface area contributed by atoms with Crippen molar-refractivity contribution in [2.75, 3.05) is 24.3 Å². The largest absolute Gasteiger partial charge is 0.397 e. The van der Waals surface area contributed by atoms with Crippen LogP contribution in [0.2, 0.25) is 0 Å². The zero-order chi connectivity index (χ0) is 12.0. The number of nitrogen functional groups attached to an aromatic ring is 1. The molecule has 88 valence electrons. The van der Waals surface area contributed by atoms with Crippen molar-refractivity contribution in [3.05, 3.63) is 23.8 Å². The van der Waals surface area contributed by atoms with Crippen molar-refractivity contribution < 1.29 is 9.53 Å². The van der Waals surface area contributed by atoms with Gasteiger partial charge in [-0.3, -0.25) is 4.79 Å². The van der Waals surface area contributed by atoms with Crippen LogP contribution in [0.5, 0.6) is 0 Å². The molecule has 1 aromatic rings. The van der Waals surface area contributed by atoms with Gasteiger partial charge in [0.2, 0.25) is 5.91 Å². The molecule has 0 bridgehead atoms. The highest BCUT2D eigenvalue weighted by Gasteiger charge is 2.04. The van der Waals surface area contributed by atoms with Crippen LogP contribution in [0.3, 0.4) is 0 Å². The summed E-state index contributed by atoms with van der Waals surface area (Å²) in [5, 5.41) is 2.75. The van der Waals surface area contributed by atoms with E-state index < -0.39 is 0 Å². The maximum atomic E-state index is 11.5. The molecule has 16 heavy (non-hydrogen) atoms. The average molecular weight is 222 g/mol. The fourth-order valence-electron chi connectivity index (χ4n) is 1.32. The number of carbonyl (C=O) groups is 1. The Bertz CT molecular complexity index is 364. The Morgan fingerprint density at radius 3 is 2.88 bits per heavy atom. The molecule has 0 unspecified atom stereocenters. The molecule has 4 nitrogen and oxygen atoms in total. The molecule has 0 atom stereocenters. The Morgan fingerprint density at radius 1 is 1.50 bits per heavy atom. The van der Waals surface area contributed by atoms with Crippen LogP contribution in [0, 0.1) is 6.92 Å². The van der Waals surface area contributed by atoms with Crippen molar-refractivity contribution in [1.82, 2.24) is 0 Å². The predicted molar refractivity (Wildman–Crippen MR) is 65.3 cm³/mol. The van der Waals surface area contributed by atoms with E-state index in [1.165, 1.54) is 0 Å². The number of rotatable bonds is 5. The third-order valence-electron chi connectivity index (χ3n) is 2.16. The molecule has 1 amide bonds. The molecule has 4 heteroatoms. The van der Waals surface area contributed by atoms with Gasteiger partial charge in [0, 0.05) is 6.61 Å². The lowest BCUT2D eigenvalue weighted by atomic mass is 10.2. The minimum Gasteiger partial charge on any atom is -0.397 e. The number of nitrogens with two attached hydrogens (primary N) is 1. The van der Waals surface area contributed by atoms with Crippen molar-refractivity contribution in [3.8, 4) is 0 Å². The van der Waals surface area contributed by atoms with E-state index in [1.54, 1.807) is 0 Å². The van der Waals surface area contributed by atoms with E-state index >= 15 is 0 Å². The van der Waals surface area contributed by atoms with Crippen molar-refractivity contribution in [2.45, 2.75) is 20.3 Å². The smallest absolute Gasteiger partial charge is 0.226 e. The van der Waals surface area contributed by atoms with Gasteiger partial charge in [-0.05, 0) is 31.5 Å². The van der Waals surface area contributed by atoms with E-state index in [1.807, 2.05) is 32.0 Å². The lowest BCUT2D eigenvalue weighted by Gasteiger charge is -2.08. The van der Waals surface area contributed by atoms with Crippen LogP contribution in [-0.2, 0) is 9.53 Å². The first-order valence-electron chi connectivity index (χ1n) is 5.37. The molecule has 1 rings (SSSR count). The molecule has 0 fully saturated rings. The monoisotopic (exact) mass is 222 g/mol. The van der Waals surface area contributed by atoms with E-state index in [-0.39, 0.29) is 5.91 Å². The SMILES string of the molecule is CCOCCC(=O)Nc1ccc(C)cc1N. The van der Waals surface area contributed by atoms with Gasteiger partial charge in [-0.1, -0.05) is 6.07 Å². The molecule has 0 saturated heterocycles. The maximum absolute atomic E-state index is 11.5. The highest BCUT2D eigenvalue weighted by Crippen LogP contribution is 2.19. The third-order valence-corrected chi connectivity index (χ3v) is 2.16. The van der Waals surface area contributed by atoms with Crippen LogP contribution in [0.4, 0.5) is 11.4 Å². The number of anilines is 2. The van der Waals surface area contributed by atoms with Gasteiger partial charge in [0.25, 0.3) is 0 Å². The molecule has 3 N–H and O–H groups in total. The van der Waals surface area contributed by atoms with Crippen molar-refractivity contribution in [2.24, 2.45) is 0 Å². The second-order valence-corrected chi connectivity index (χ2v) is 3.59. The summed E-state index contributed by atoms with van der Waals surface area (Å²) in [4.78, 5) is 11.5. The highest BCUT2D eigenvalue weighted by atomic mass is 16.5. The normalized spacial score (nSPS) is 10.1. The molecular formula is C12H18N2O2. The summed E-state index contributed by atoms with van der Waals surface area (Å²) in [7, 11) is 0. The summed E-state index contributed by atoms with van der Waals surface area (Å²) >= 11 is 0. The van der Waals surface area contributed by atoms with Gasteiger partial charge < -0.3 is 15.8 Å². The quantitative estimate of drug-likeness (QED) is 0.591. The zero-order valence-corrected chi connectivity index (χ0v) is 9.75. The predicted octanol–water partition coefficient (Wildman–Crippen LogP) is 1.94. The van der Waals surface area contributed by atoms with Crippen LogP contribution in [0.25, 0.3) is 0 Å².